The van der Waals surface area contributed by atoms with Gasteiger partial charge in [-0.05, 0) is 26.0 Å². The Balaban J connectivity index is 2.28. The molecule has 154 valence electrons. The number of hydrogen-bond donors (Lipinski definition) is 0. The number of nitrogens with zero attached hydrogens (tertiary/aromatic N) is 2. The highest BCUT2D eigenvalue weighted by Crippen LogP contribution is 2.38. The normalized spacial score (nSPS) is 14.7. The zero-order valence-electron chi connectivity index (χ0n) is 15.6. The monoisotopic (exact) mass is 410 g/mol. The minimum Gasteiger partial charge on any atom is -0.422 e. The second kappa shape index (κ2) is 7.34. The standard InChI is InChI=1S/C19H17F3N2O5/c1-3-23(4-2)10-5-6-11-12(9-10)29-18(28)15(16(11)19(20,21)22)17(27)24-13(25)7-8-14(24)26/h5-6,9H,3-4,7-8H2,1-2H3. The van der Waals surface area contributed by atoms with Gasteiger partial charge >= 0.3 is 11.8 Å². The van der Waals surface area contributed by atoms with Gasteiger partial charge < -0.3 is 9.32 Å². The number of imide groups is 3. The summed E-state index contributed by atoms with van der Waals surface area (Å²) >= 11 is 0. The summed E-state index contributed by atoms with van der Waals surface area (Å²) in [5, 5.41) is -0.504. The van der Waals surface area contributed by atoms with Gasteiger partial charge in [-0.1, -0.05) is 0 Å². The van der Waals surface area contributed by atoms with Crippen molar-refractivity contribution in [3.63, 3.8) is 0 Å². The topological polar surface area (TPSA) is 87.9 Å². The smallest absolute Gasteiger partial charge is 0.418 e. The maximum absolute atomic E-state index is 13.9. The van der Waals surface area contributed by atoms with Crippen LogP contribution in [0.3, 0.4) is 0 Å². The van der Waals surface area contributed by atoms with Gasteiger partial charge in [-0.2, -0.15) is 13.2 Å². The lowest BCUT2D eigenvalue weighted by Crippen LogP contribution is -2.39. The first-order valence-corrected chi connectivity index (χ1v) is 8.93. The lowest BCUT2D eigenvalue weighted by Gasteiger charge is -2.22. The molecule has 2 heterocycles. The summed E-state index contributed by atoms with van der Waals surface area (Å²) in [6.45, 7) is 4.87. The summed E-state index contributed by atoms with van der Waals surface area (Å²) in [7, 11) is 0. The molecule has 0 unspecified atom stereocenters. The lowest BCUT2D eigenvalue weighted by molar-refractivity contribution is -0.139. The number of hydrogen-bond acceptors (Lipinski definition) is 6. The van der Waals surface area contributed by atoms with Gasteiger partial charge in [0.15, 0.2) is 0 Å². The number of carbonyl (C=O) groups is 3. The molecular formula is C19H17F3N2O5. The van der Waals surface area contributed by atoms with Crippen molar-refractivity contribution in [3.8, 4) is 0 Å². The van der Waals surface area contributed by atoms with Crippen LogP contribution in [0.15, 0.2) is 27.4 Å². The zero-order valence-corrected chi connectivity index (χ0v) is 15.6. The molecule has 0 saturated carbocycles. The Labute approximate surface area is 162 Å². The summed E-state index contributed by atoms with van der Waals surface area (Å²) in [5.41, 5.74) is -4.25. The molecule has 3 rings (SSSR count). The molecular weight excluding hydrogens is 393 g/mol. The number of likely N-dealkylation sites (tertiary alicyclic amines) is 1. The second-order valence-electron chi connectivity index (χ2n) is 6.42. The van der Waals surface area contributed by atoms with Gasteiger partial charge in [0.05, 0.1) is 5.56 Å². The second-order valence-corrected chi connectivity index (χ2v) is 6.42. The molecule has 1 aromatic carbocycles. The van der Waals surface area contributed by atoms with Gasteiger partial charge in [-0.3, -0.25) is 14.4 Å². The van der Waals surface area contributed by atoms with Crippen LogP contribution >= 0.6 is 0 Å². The Hall–Kier alpha value is -3.17. The van der Waals surface area contributed by atoms with Crippen LogP contribution < -0.4 is 10.5 Å². The van der Waals surface area contributed by atoms with Crippen LogP contribution in [0.2, 0.25) is 0 Å². The van der Waals surface area contributed by atoms with E-state index in [0.29, 0.717) is 18.8 Å². The van der Waals surface area contributed by atoms with E-state index >= 15 is 0 Å². The highest BCUT2D eigenvalue weighted by molar-refractivity contribution is 6.20. The third kappa shape index (κ3) is 3.50. The maximum Gasteiger partial charge on any atom is 0.418 e. The molecule has 1 saturated heterocycles. The van der Waals surface area contributed by atoms with Crippen molar-refractivity contribution < 1.29 is 32.0 Å². The van der Waals surface area contributed by atoms with Gasteiger partial charge in [0.25, 0.3) is 5.91 Å². The third-order valence-electron chi connectivity index (χ3n) is 4.77. The van der Waals surface area contributed by atoms with Gasteiger partial charge in [-0.25, -0.2) is 9.69 Å². The average Bonchev–Trinajstić information content (AvgIpc) is 2.98. The van der Waals surface area contributed by atoms with E-state index < -0.39 is 46.0 Å². The summed E-state index contributed by atoms with van der Waals surface area (Å²) in [6, 6.07) is 3.82. The maximum atomic E-state index is 13.9. The highest BCUT2D eigenvalue weighted by Gasteiger charge is 2.44. The number of amides is 3. The molecule has 0 atom stereocenters. The number of halogens is 3. The fourth-order valence-corrected chi connectivity index (χ4v) is 3.38. The molecule has 1 aliphatic rings. The minimum absolute atomic E-state index is 0.0809. The number of anilines is 1. The molecule has 1 aromatic heterocycles. The molecule has 3 amide bonds. The molecule has 1 fully saturated rings. The van der Waals surface area contributed by atoms with Crippen LogP contribution in [0.1, 0.15) is 42.6 Å². The number of rotatable bonds is 4. The van der Waals surface area contributed by atoms with E-state index in [-0.39, 0.29) is 23.3 Å². The van der Waals surface area contributed by atoms with Crippen molar-refractivity contribution >= 4 is 34.4 Å². The Kier molecular flexibility index (Phi) is 5.20. The molecule has 29 heavy (non-hydrogen) atoms. The highest BCUT2D eigenvalue weighted by atomic mass is 19.4. The molecule has 0 spiro atoms. The van der Waals surface area contributed by atoms with E-state index in [9.17, 15) is 32.3 Å². The number of benzene rings is 1. The zero-order chi connectivity index (χ0) is 21.5. The number of fused-ring (bicyclic) bond motifs is 1. The van der Waals surface area contributed by atoms with Crippen LogP contribution in [0, 0.1) is 0 Å². The van der Waals surface area contributed by atoms with E-state index in [4.69, 9.17) is 4.42 Å². The van der Waals surface area contributed by atoms with Crippen molar-refractivity contribution in [2.75, 3.05) is 18.0 Å². The van der Waals surface area contributed by atoms with Crippen LogP contribution in [0.25, 0.3) is 11.0 Å². The fourth-order valence-electron chi connectivity index (χ4n) is 3.38. The van der Waals surface area contributed by atoms with E-state index in [1.165, 1.54) is 12.1 Å². The summed E-state index contributed by atoms with van der Waals surface area (Å²) in [5.74, 6) is -3.53. The Morgan fingerprint density at radius 2 is 1.69 bits per heavy atom. The summed E-state index contributed by atoms with van der Waals surface area (Å²) < 4.78 is 46.6. The van der Waals surface area contributed by atoms with Crippen molar-refractivity contribution in [1.82, 2.24) is 4.90 Å². The first kappa shape index (κ1) is 20.6. The van der Waals surface area contributed by atoms with E-state index in [2.05, 4.69) is 0 Å². The van der Waals surface area contributed by atoms with Crippen LogP contribution in [-0.4, -0.2) is 35.7 Å². The van der Waals surface area contributed by atoms with Crippen LogP contribution in [-0.2, 0) is 15.8 Å². The largest absolute Gasteiger partial charge is 0.422 e. The Bertz CT molecular complexity index is 1050. The third-order valence-corrected chi connectivity index (χ3v) is 4.77. The van der Waals surface area contributed by atoms with E-state index in [1.807, 2.05) is 18.7 Å². The summed E-state index contributed by atoms with van der Waals surface area (Å²) in [4.78, 5) is 50.5. The van der Waals surface area contributed by atoms with Gasteiger partial charge in [0.1, 0.15) is 11.1 Å². The minimum atomic E-state index is -5.10. The van der Waals surface area contributed by atoms with E-state index in [1.54, 1.807) is 0 Å². The fraction of sp³-hybridized carbons (Fsp3) is 0.368. The number of carbonyl (C=O) groups excluding carboxylic acids is 3. The molecule has 1 aliphatic heterocycles. The van der Waals surface area contributed by atoms with Crippen molar-refractivity contribution in [3.05, 3.63) is 39.7 Å². The summed E-state index contributed by atoms with van der Waals surface area (Å²) in [6.07, 6.45) is -5.71. The van der Waals surface area contributed by atoms with Crippen molar-refractivity contribution in [2.24, 2.45) is 0 Å². The molecule has 0 N–H and O–H groups in total. The predicted octanol–water partition coefficient (Wildman–Crippen LogP) is 2.95. The van der Waals surface area contributed by atoms with E-state index in [0.717, 1.165) is 6.07 Å². The van der Waals surface area contributed by atoms with Gasteiger partial charge in [-0.15, -0.1) is 0 Å². The van der Waals surface area contributed by atoms with Crippen LogP contribution in [0.5, 0.6) is 0 Å². The average molecular weight is 410 g/mol. The number of alkyl halides is 3. The van der Waals surface area contributed by atoms with Gasteiger partial charge in [0.2, 0.25) is 11.8 Å². The van der Waals surface area contributed by atoms with Gasteiger partial charge in [0, 0.05) is 43.1 Å². The Morgan fingerprint density at radius 3 is 2.21 bits per heavy atom. The first-order chi connectivity index (χ1) is 13.6. The lowest BCUT2D eigenvalue weighted by atomic mass is 10.0. The Morgan fingerprint density at radius 1 is 1.10 bits per heavy atom. The van der Waals surface area contributed by atoms with Crippen molar-refractivity contribution in [1.29, 1.82) is 0 Å². The van der Waals surface area contributed by atoms with Crippen molar-refractivity contribution in [2.45, 2.75) is 32.9 Å². The first-order valence-electron chi connectivity index (χ1n) is 8.93. The molecule has 0 bridgehead atoms. The molecule has 2 aromatic rings. The molecule has 10 heteroatoms. The molecule has 0 radical (unpaired) electrons. The quantitative estimate of drug-likeness (QED) is 0.569. The predicted molar refractivity (Wildman–Crippen MR) is 96.5 cm³/mol. The SMILES string of the molecule is CCN(CC)c1ccc2c(C(F)(F)F)c(C(=O)N3C(=O)CCC3=O)c(=O)oc2c1. The molecule has 0 aliphatic carbocycles. The van der Waals surface area contributed by atoms with Crippen LogP contribution in [0.4, 0.5) is 18.9 Å². The molecule has 7 nitrogen and oxygen atoms in total.